The number of amides is 2. The van der Waals surface area contributed by atoms with Gasteiger partial charge in [-0.3, -0.25) is 9.25 Å². The van der Waals surface area contributed by atoms with Gasteiger partial charge in [0.15, 0.2) is 11.5 Å². The van der Waals surface area contributed by atoms with Crippen molar-refractivity contribution in [3.63, 3.8) is 0 Å². The second kappa shape index (κ2) is 6.87. The lowest BCUT2D eigenvalue weighted by Gasteiger charge is -2.09. The van der Waals surface area contributed by atoms with Crippen LogP contribution in [-0.2, 0) is 13.6 Å². The smallest absolute Gasteiger partial charge is 0.319 e. The molecule has 0 aliphatic rings. The lowest BCUT2D eigenvalue weighted by atomic mass is 10.2. The van der Waals surface area contributed by atoms with Crippen molar-refractivity contribution in [3.05, 3.63) is 60.4 Å². The maximum atomic E-state index is 12.3. The Morgan fingerprint density at radius 1 is 1.22 bits per heavy atom. The number of pyridine rings is 1. The van der Waals surface area contributed by atoms with Gasteiger partial charge in [0.1, 0.15) is 6.33 Å². The van der Waals surface area contributed by atoms with Crippen LogP contribution in [0, 0.1) is 6.92 Å². The number of benzene rings is 1. The first-order chi connectivity index (χ1) is 13.1. The molecular weight excluding hydrogens is 344 g/mol. The Bertz CT molecular complexity index is 1100. The predicted octanol–water partition coefficient (Wildman–Crippen LogP) is 2.18. The van der Waals surface area contributed by atoms with Gasteiger partial charge in [0, 0.05) is 18.1 Å². The Morgan fingerprint density at radius 3 is 2.85 bits per heavy atom. The Balaban J connectivity index is 1.44. The molecule has 2 N–H and O–H groups in total. The fraction of sp³-hybridized carbons (Fsp3) is 0.167. The van der Waals surface area contributed by atoms with Crippen molar-refractivity contribution < 1.29 is 4.79 Å². The van der Waals surface area contributed by atoms with E-state index in [4.69, 9.17) is 0 Å². The monoisotopic (exact) mass is 362 g/mol. The van der Waals surface area contributed by atoms with E-state index in [0.717, 1.165) is 22.4 Å². The number of nitrogens with one attached hydrogen (secondary N) is 2. The van der Waals surface area contributed by atoms with E-state index in [9.17, 15) is 4.79 Å². The number of fused-ring (bicyclic) bond motifs is 1. The molecule has 3 aromatic heterocycles. The van der Waals surface area contributed by atoms with Crippen molar-refractivity contribution >= 4 is 22.8 Å². The van der Waals surface area contributed by atoms with E-state index in [1.54, 1.807) is 17.2 Å². The summed E-state index contributed by atoms with van der Waals surface area (Å²) < 4.78 is 3.54. The van der Waals surface area contributed by atoms with Crippen molar-refractivity contribution in [2.45, 2.75) is 13.5 Å². The predicted molar refractivity (Wildman–Crippen MR) is 100 cm³/mol. The maximum absolute atomic E-state index is 12.3. The van der Waals surface area contributed by atoms with Crippen LogP contribution in [0.15, 0.2) is 48.9 Å². The maximum Gasteiger partial charge on any atom is 0.319 e. The highest BCUT2D eigenvalue weighted by molar-refractivity contribution is 5.91. The number of nitrogens with zero attached hydrogens (tertiary/aromatic N) is 6. The molecule has 4 aromatic rings. The highest BCUT2D eigenvalue weighted by Crippen LogP contribution is 2.19. The summed E-state index contributed by atoms with van der Waals surface area (Å²) in [6.07, 6.45) is 3.22. The molecule has 9 nitrogen and oxygen atoms in total. The molecule has 0 aliphatic carbocycles. The van der Waals surface area contributed by atoms with E-state index >= 15 is 0 Å². The van der Waals surface area contributed by atoms with Crippen LogP contribution >= 0.6 is 0 Å². The Labute approximate surface area is 155 Å². The van der Waals surface area contributed by atoms with Gasteiger partial charge in [-0.2, -0.15) is 5.10 Å². The molecule has 0 atom stereocenters. The van der Waals surface area contributed by atoms with Crippen LogP contribution in [0.4, 0.5) is 10.5 Å². The van der Waals surface area contributed by atoms with Gasteiger partial charge in [0.2, 0.25) is 0 Å². The van der Waals surface area contributed by atoms with Crippen LogP contribution in [0.5, 0.6) is 0 Å². The SMILES string of the molecule is Cc1nn(C)c2ncc(NC(=O)NCc3nncn3-c3ccccc3)cc12. The third-order valence-corrected chi connectivity index (χ3v) is 4.18. The van der Waals surface area contributed by atoms with E-state index in [1.165, 1.54) is 0 Å². The summed E-state index contributed by atoms with van der Waals surface area (Å²) in [5.41, 5.74) is 3.16. The first-order valence-corrected chi connectivity index (χ1v) is 8.40. The Kier molecular flexibility index (Phi) is 4.25. The minimum Gasteiger partial charge on any atom is -0.331 e. The third kappa shape index (κ3) is 3.34. The third-order valence-electron chi connectivity index (χ3n) is 4.18. The summed E-state index contributed by atoms with van der Waals surface area (Å²) in [4.78, 5) is 16.6. The fourth-order valence-corrected chi connectivity index (χ4v) is 2.89. The van der Waals surface area contributed by atoms with Crippen molar-refractivity contribution in [1.82, 2.24) is 34.8 Å². The lowest BCUT2D eigenvalue weighted by molar-refractivity contribution is 0.251. The molecule has 0 unspecified atom stereocenters. The molecule has 0 fully saturated rings. The van der Waals surface area contributed by atoms with Gasteiger partial charge in [-0.15, -0.1) is 10.2 Å². The second-order valence-corrected chi connectivity index (χ2v) is 6.06. The number of aromatic nitrogens is 6. The van der Waals surface area contributed by atoms with Crippen molar-refractivity contribution in [2.75, 3.05) is 5.32 Å². The molecule has 2 amide bonds. The number of carbonyl (C=O) groups is 1. The van der Waals surface area contributed by atoms with Gasteiger partial charge in [-0.1, -0.05) is 18.2 Å². The van der Waals surface area contributed by atoms with Gasteiger partial charge in [0.05, 0.1) is 24.1 Å². The largest absolute Gasteiger partial charge is 0.331 e. The van der Waals surface area contributed by atoms with Gasteiger partial charge < -0.3 is 10.6 Å². The summed E-state index contributed by atoms with van der Waals surface area (Å²) in [5.74, 6) is 0.632. The Hall–Kier alpha value is -3.75. The first kappa shape index (κ1) is 16.7. The topological polar surface area (TPSA) is 103 Å². The molecule has 4 rings (SSSR count). The summed E-state index contributed by atoms with van der Waals surface area (Å²) in [5, 5.41) is 18.8. The van der Waals surface area contributed by atoms with Crippen LogP contribution in [0.25, 0.3) is 16.7 Å². The summed E-state index contributed by atoms with van der Waals surface area (Å²) in [7, 11) is 1.84. The number of carbonyl (C=O) groups excluding carboxylic acids is 1. The number of rotatable bonds is 4. The normalized spacial score (nSPS) is 10.9. The lowest BCUT2D eigenvalue weighted by Crippen LogP contribution is -2.29. The highest BCUT2D eigenvalue weighted by Gasteiger charge is 2.11. The van der Waals surface area contributed by atoms with E-state index < -0.39 is 0 Å². The highest BCUT2D eigenvalue weighted by atomic mass is 16.2. The van der Waals surface area contributed by atoms with Crippen molar-refractivity contribution in [1.29, 1.82) is 0 Å². The van der Waals surface area contributed by atoms with Crippen LogP contribution in [0.1, 0.15) is 11.5 Å². The number of hydrogen-bond donors (Lipinski definition) is 2. The number of urea groups is 1. The summed E-state index contributed by atoms with van der Waals surface area (Å²) in [6, 6.07) is 11.2. The molecule has 1 aromatic carbocycles. The zero-order valence-corrected chi connectivity index (χ0v) is 14.9. The van der Waals surface area contributed by atoms with Gasteiger partial charge in [-0.25, -0.2) is 9.78 Å². The van der Waals surface area contributed by atoms with E-state index in [1.807, 2.05) is 54.9 Å². The molecule has 0 saturated carbocycles. The summed E-state index contributed by atoms with van der Waals surface area (Å²) >= 11 is 0. The zero-order valence-electron chi connectivity index (χ0n) is 14.9. The molecule has 136 valence electrons. The molecule has 3 heterocycles. The molecule has 0 spiro atoms. The number of aryl methyl sites for hydroxylation is 2. The van der Waals surface area contributed by atoms with Crippen LogP contribution in [0.3, 0.4) is 0 Å². The standard InChI is InChI=1S/C18H18N8O/c1-12-15-8-13(9-19-17(15)25(2)24-12)22-18(27)20-10-16-23-21-11-26(16)14-6-4-3-5-7-14/h3-9,11H,10H2,1-2H3,(H2,20,22,27). The van der Waals surface area contributed by atoms with Gasteiger partial charge in [-0.05, 0) is 25.1 Å². The minimum absolute atomic E-state index is 0.238. The molecule has 0 radical (unpaired) electrons. The number of para-hydroxylation sites is 1. The summed E-state index contributed by atoms with van der Waals surface area (Å²) in [6.45, 7) is 2.15. The molecule has 0 bridgehead atoms. The average molecular weight is 362 g/mol. The zero-order chi connectivity index (χ0) is 18.8. The number of anilines is 1. The van der Waals surface area contributed by atoms with Gasteiger partial charge in [0.25, 0.3) is 0 Å². The fourth-order valence-electron chi connectivity index (χ4n) is 2.89. The van der Waals surface area contributed by atoms with Gasteiger partial charge >= 0.3 is 6.03 Å². The van der Waals surface area contributed by atoms with Crippen molar-refractivity contribution in [2.24, 2.45) is 7.05 Å². The first-order valence-electron chi connectivity index (χ1n) is 8.40. The molecular formula is C18H18N8O. The van der Waals surface area contributed by atoms with Crippen LogP contribution in [0.2, 0.25) is 0 Å². The number of hydrogen-bond acceptors (Lipinski definition) is 5. The van der Waals surface area contributed by atoms with Crippen LogP contribution < -0.4 is 10.6 Å². The quantitative estimate of drug-likeness (QED) is 0.579. The van der Waals surface area contributed by atoms with Crippen LogP contribution in [-0.4, -0.2) is 35.6 Å². The second-order valence-electron chi connectivity index (χ2n) is 6.06. The van der Waals surface area contributed by atoms with E-state index in [0.29, 0.717) is 11.5 Å². The molecule has 0 saturated heterocycles. The van der Waals surface area contributed by atoms with E-state index in [-0.39, 0.29) is 12.6 Å². The molecule has 0 aliphatic heterocycles. The van der Waals surface area contributed by atoms with E-state index in [2.05, 4.69) is 30.9 Å². The molecule has 27 heavy (non-hydrogen) atoms. The van der Waals surface area contributed by atoms with Crippen molar-refractivity contribution in [3.8, 4) is 5.69 Å². The molecule has 9 heteroatoms. The minimum atomic E-state index is -0.347. The average Bonchev–Trinajstić information content (AvgIpc) is 3.25. The Morgan fingerprint density at radius 2 is 2.04 bits per heavy atom.